The van der Waals surface area contributed by atoms with Gasteiger partial charge in [0.25, 0.3) is 0 Å². The van der Waals surface area contributed by atoms with Gasteiger partial charge in [-0.2, -0.15) is 5.10 Å². The standard InChI is InChI=1S/C15H10Br2ClN3/c16-9-4-5-12(17)11(7-9)14-13(15(19)21-20-14)8-2-1-3-10(18)6-8/h1-7H,(H3,19,20,21). The highest BCUT2D eigenvalue weighted by Gasteiger charge is 2.17. The predicted octanol–water partition coefficient (Wildman–Crippen LogP) is 5.50. The van der Waals surface area contributed by atoms with Crippen molar-refractivity contribution < 1.29 is 0 Å². The van der Waals surface area contributed by atoms with Gasteiger partial charge in [0.2, 0.25) is 0 Å². The van der Waals surface area contributed by atoms with Crippen LogP contribution in [0.3, 0.4) is 0 Å². The summed E-state index contributed by atoms with van der Waals surface area (Å²) in [6.07, 6.45) is 0. The average Bonchev–Trinajstić information content (AvgIpc) is 2.83. The van der Waals surface area contributed by atoms with Crippen LogP contribution in [-0.4, -0.2) is 10.2 Å². The van der Waals surface area contributed by atoms with E-state index in [1.165, 1.54) is 0 Å². The number of rotatable bonds is 2. The van der Waals surface area contributed by atoms with Crippen molar-refractivity contribution >= 4 is 49.3 Å². The lowest BCUT2D eigenvalue weighted by molar-refractivity contribution is 1.10. The largest absolute Gasteiger partial charge is 0.382 e. The molecule has 0 bridgehead atoms. The van der Waals surface area contributed by atoms with E-state index in [-0.39, 0.29) is 0 Å². The van der Waals surface area contributed by atoms with Gasteiger partial charge in [0.05, 0.1) is 11.3 Å². The maximum absolute atomic E-state index is 6.08. The molecule has 0 radical (unpaired) electrons. The van der Waals surface area contributed by atoms with E-state index < -0.39 is 0 Å². The quantitative estimate of drug-likeness (QED) is 0.567. The van der Waals surface area contributed by atoms with E-state index in [9.17, 15) is 0 Å². The molecule has 0 amide bonds. The summed E-state index contributed by atoms with van der Waals surface area (Å²) in [5.74, 6) is 0.444. The van der Waals surface area contributed by atoms with Gasteiger partial charge in [0, 0.05) is 19.5 Å². The molecule has 1 heterocycles. The van der Waals surface area contributed by atoms with E-state index >= 15 is 0 Å². The number of aromatic amines is 1. The number of nitrogens with zero attached hydrogens (tertiary/aromatic N) is 1. The molecule has 0 saturated carbocycles. The lowest BCUT2D eigenvalue weighted by atomic mass is 10.0. The zero-order valence-corrected chi connectivity index (χ0v) is 14.6. The fraction of sp³-hybridized carbons (Fsp3) is 0. The number of anilines is 1. The van der Waals surface area contributed by atoms with E-state index in [1.807, 2.05) is 42.5 Å². The molecule has 6 heteroatoms. The van der Waals surface area contributed by atoms with E-state index in [2.05, 4.69) is 42.1 Å². The van der Waals surface area contributed by atoms with Crippen molar-refractivity contribution in [1.82, 2.24) is 10.2 Å². The van der Waals surface area contributed by atoms with Crippen molar-refractivity contribution in [2.75, 3.05) is 5.73 Å². The second-order valence-corrected chi connectivity index (χ2v) is 6.70. The fourth-order valence-corrected chi connectivity index (χ4v) is 3.17. The van der Waals surface area contributed by atoms with Crippen molar-refractivity contribution in [2.24, 2.45) is 0 Å². The maximum Gasteiger partial charge on any atom is 0.153 e. The maximum atomic E-state index is 6.08. The lowest BCUT2D eigenvalue weighted by Crippen LogP contribution is -1.89. The van der Waals surface area contributed by atoms with Crippen molar-refractivity contribution in [1.29, 1.82) is 0 Å². The Morgan fingerprint density at radius 1 is 1.10 bits per heavy atom. The van der Waals surface area contributed by atoms with Crippen LogP contribution in [0.2, 0.25) is 5.02 Å². The van der Waals surface area contributed by atoms with Gasteiger partial charge < -0.3 is 5.73 Å². The fourth-order valence-electron chi connectivity index (χ4n) is 2.18. The van der Waals surface area contributed by atoms with Crippen LogP contribution in [0.25, 0.3) is 22.4 Å². The third kappa shape index (κ3) is 2.86. The Hall–Kier alpha value is -1.30. The summed E-state index contributed by atoms with van der Waals surface area (Å²) in [6.45, 7) is 0. The number of aromatic nitrogens is 2. The third-order valence-electron chi connectivity index (χ3n) is 3.11. The second kappa shape index (κ2) is 5.83. The van der Waals surface area contributed by atoms with Gasteiger partial charge in [-0.1, -0.05) is 55.6 Å². The Bertz CT molecular complexity index is 814. The summed E-state index contributed by atoms with van der Waals surface area (Å²) >= 11 is 13.1. The summed E-state index contributed by atoms with van der Waals surface area (Å²) in [4.78, 5) is 0. The van der Waals surface area contributed by atoms with Crippen LogP contribution in [0.5, 0.6) is 0 Å². The van der Waals surface area contributed by atoms with Crippen LogP contribution in [0, 0.1) is 0 Å². The Labute approximate surface area is 143 Å². The molecule has 0 aliphatic rings. The number of H-pyrrole nitrogens is 1. The molecular formula is C15H10Br2ClN3. The second-order valence-electron chi connectivity index (χ2n) is 4.49. The molecule has 0 aliphatic heterocycles. The van der Waals surface area contributed by atoms with Crippen LogP contribution in [-0.2, 0) is 0 Å². The molecule has 3 aromatic rings. The highest BCUT2D eigenvalue weighted by molar-refractivity contribution is 9.11. The summed E-state index contributed by atoms with van der Waals surface area (Å²) in [7, 11) is 0. The Morgan fingerprint density at radius 3 is 2.67 bits per heavy atom. The number of hydrogen-bond acceptors (Lipinski definition) is 2. The molecule has 0 aliphatic carbocycles. The average molecular weight is 428 g/mol. The minimum absolute atomic E-state index is 0.444. The smallest absolute Gasteiger partial charge is 0.153 e. The minimum Gasteiger partial charge on any atom is -0.382 e. The van der Waals surface area contributed by atoms with Crippen molar-refractivity contribution in [3.63, 3.8) is 0 Å². The number of nitrogens with two attached hydrogens (primary N) is 1. The van der Waals surface area contributed by atoms with Gasteiger partial charge in [-0.05, 0) is 35.9 Å². The summed E-state index contributed by atoms with van der Waals surface area (Å²) in [5, 5.41) is 7.81. The normalized spacial score (nSPS) is 10.8. The number of halogens is 3. The Balaban J connectivity index is 2.24. The van der Waals surface area contributed by atoms with E-state index in [1.54, 1.807) is 0 Å². The zero-order chi connectivity index (χ0) is 15.0. The van der Waals surface area contributed by atoms with Crippen LogP contribution in [0.15, 0.2) is 51.4 Å². The monoisotopic (exact) mass is 425 g/mol. The topological polar surface area (TPSA) is 54.7 Å². The Morgan fingerprint density at radius 2 is 1.90 bits per heavy atom. The lowest BCUT2D eigenvalue weighted by Gasteiger charge is -2.08. The van der Waals surface area contributed by atoms with Crippen LogP contribution in [0.1, 0.15) is 0 Å². The number of nitrogen functional groups attached to an aromatic ring is 1. The van der Waals surface area contributed by atoms with Crippen LogP contribution >= 0.6 is 43.5 Å². The van der Waals surface area contributed by atoms with E-state index in [4.69, 9.17) is 17.3 Å². The van der Waals surface area contributed by atoms with Crippen molar-refractivity contribution in [2.45, 2.75) is 0 Å². The third-order valence-corrected chi connectivity index (χ3v) is 4.53. The van der Waals surface area contributed by atoms with Gasteiger partial charge in [-0.3, -0.25) is 5.10 Å². The Kier molecular flexibility index (Phi) is 4.06. The first-order valence-corrected chi connectivity index (χ1v) is 8.08. The van der Waals surface area contributed by atoms with Gasteiger partial charge in [0.1, 0.15) is 0 Å². The molecule has 106 valence electrons. The van der Waals surface area contributed by atoms with Crippen molar-refractivity contribution in [3.05, 3.63) is 56.4 Å². The highest BCUT2D eigenvalue weighted by Crippen LogP contribution is 2.39. The molecule has 0 unspecified atom stereocenters. The first kappa shape index (κ1) is 14.6. The predicted molar refractivity (Wildman–Crippen MR) is 94.3 cm³/mol. The highest BCUT2D eigenvalue weighted by atomic mass is 79.9. The molecule has 0 saturated heterocycles. The van der Waals surface area contributed by atoms with Gasteiger partial charge >= 0.3 is 0 Å². The van der Waals surface area contributed by atoms with Gasteiger partial charge in [-0.25, -0.2) is 0 Å². The number of hydrogen-bond donors (Lipinski definition) is 2. The van der Waals surface area contributed by atoms with Crippen molar-refractivity contribution in [3.8, 4) is 22.4 Å². The zero-order valence-electron chi connectivity index (χ0n) is 10.7. The molecule has 3 rings (SSSR count). The first-order chi connectivity index (χ1) is 10.1. The molecule has 0 atom stereocenters. The molecule has 3 N–H and O–H groups in total. The molecule has 2 aromatic carbocycles. The van der Waals surface area contributed by atoms with Gasteiger partial charge in [-0.15, -0.1) is 0 Å². The minimum atomic E-state index is 0.444. The molecule has 3 nitrogen and oxygen atoms in total. The summed E-state index contributed by atoms with van der Waals surface area (Å²) < 4.78 is 1.93. The SMILES string of the molecule is Nc1n[nH]c(-c2cc(Br)ccc2Br)c1-c1cccc(Cl)c1. The number of benzene rings is 2. The van der Waals surface area contributed by atoms with Crippen LogP contribution < -0.4 is 5.73 Å². The molecular weight excluding hydrogens is 417 g/mol. The summed E-state index contributed by atoms with van der Waals surface area (Å²) in [6, 6.07) is 13.5. The van der Waals surface area contributed by atoms with Crippen LogP contribution in [0.4, 0.5) is 5.82 Å². The molecule has 21 heavy (non-hydrogen) atoms. The molecule has 0 fully saturated rings. The molecule has 1 aromatic heterocycles. The van der Waals surface area contributed by atoms with E-state index in [0.717, 1.165) is 31.3 Å². The summed E-state index contributed by atoms with van der Waals surface area (Å²) in [5.41, 5.74) is 9.63. The van der Waals surface area contributed by atoms with Gasteiger partial charge in [0.15, 0.2) is 5.82 Å². The molecule has 0 spiro atoms. The number of nitrogens with one attached hydrogen (secondary N) is 1. The van der Waals surface area contributed by atoms with E-state index in [0.29, 0.717) is 10.8 Å². The first-order valence-electron chi connectivity index (χ1n) is 6.11.